The summed E-state index contributed by atoms with van der Waals surface area (Å²) in [7, 11) is 0. The molecule has 0 saturated carbocycles. The molecule has 150 valence electrons. The lowest BCUT2D eigenvalue weighted by molar-refractivity contribution is 0.0946. The van der Waals surface area contributed by atoms with Gasteiger partial charge in [0.25, 0.3) is 5.91 Å². The maximum Gasteiger partial charge on any atom is 0.271 e. The first-order valence-electron chi connectivity index (χ1n) is 8.87. The number of piperidine rings is 1. The predicted octanol–water partition coefficient (Wildman–Crippen LogP) is 3.61. The molecule has 3 N–H and O–H groups in total. The van der Waals surface area contributed by atoms with Crippen LogP contribution >= 0.6 is 36.2 Å². The molecular weight excluding hydrogens is 403 g/mol. The molecule has 0 bridgehead atoms. The molecule has 1 fully saturated rings. The number of nitrogens with two attached hydrogens (primary N) is 1. The van der Waals surface area contributed by atoms with Crippen LogP contribution in [-0.4, -0.2) is 28.9 Å². The topological polar surface area (TPSA) is 71.2 Å². The van der Waals surface area contributed by atoms with Crippen molar-refractivity contribution in [1.82, 2.24) is 15.2 Å². The van der Waals surface area contributed by atoms with Crippen LogP contribution in [0.15, 0.2) is 29.6 Å². The van der Waals surface area contributed by atoms with Gasteiger partial charge in [0.05, 0.1) is 0 Å². The van der Waals surface area contributed by atoms with E-state index in [2.05, 4.69) is 46.4 Å². The number of benzene rings is 1. The quantitative estimate of drug-likeness (QED) is 0.733. The van der Waals surface area contributed by atoms with Crippen molar-refractivity contribution in [2.45, 2.75) is 39.4 Å². The van der Waals surface area contributed by atoms with Gasteiger partial charge in [0.15, 0.2) is 0 Å². The Labute approximate surface area is 177 Å². The van der Waals surface area contributed by atoms with E-state index in [-0.39, 0.29) is 30.7 Å². The van der Waals surface area contributed by atoms with Gasteiger partial charge in [-0.2, -0.15) is 0 Å². The maximum absolute atomic E-state index is 12.1. The van der Waals surface area contributed by atoms with Crippen molar-refractivity contribution >= 4 is 42.1 Å². The van der Waals surface area contributed by atoms with Gasteiger partial charge in [-0.25, -0.2) is 4.98 Å². The summed E-state index contributed by atoms with van der Waals surface area (Å²) in [5.41, 5.74) is 8.40. The fourth-order valence-electron chi connectivity index (χ4n) is 3.02. The van der Waals surface area contributed by atoms with Crippen LogP contribution in [0.25, 0.3) is 0 Å². The molecule has 1 saturated heterocycles. The standard InChI is InChI=1S/C19H26N4OS.2ClH/c1-14-6-8-23(9-7-14)12-16-4-2-15(3-5-16)11-21-19(24)17-13-25-18(10-20)22-17;;/h2-5,13-14H,6-12,20H2,1H3,(H,21,24);2*1H. The molecule has 0 unspecified atom stereocenters. The normalized spacial score (nSPS) is 14.9. The highest BCUT2D eigenvalue weighted by Gasteiger charge is 2.15. The van der Waals surface area contributed by atoms with Gasteiger partial charge in [0.1, 0.15) is 10.7 Å². The molecule has 3 rings (SSSR count). The first-order chi connectivity index (χ1) is 12.1. The number of amides is 1. The zero-order valence-corrected chi connectivity index (χ0v) is 18.0. The predicted molar refractivity (Wildman–Crippen MR) is 116 cm³/mol. The lowest BCUT2D eigenvalue weighted by atomic mass is 9.99. The molecule has 1 aromatic heterocycles. The van der Waals surface area contributed by atoms with Crippen molar-refractivity contribution in [2.75, 3.05) is 13.1 Å². The van der Waals surface area contributed by atoms with E-state index in [9.17, 15) is 4.79 Å². The minimum Gasteiger partial charge on any atom is -0.347 e. The Morgan fingerprint density at radius 2 is 1.85 bits per heavy atom. The molecule has 0 aliphatic carbocycles. The number of likely N-dealkylation sites (tertiary alicyclic amines) is 1. The molecule has 0 atom stereocenters. The van der Waals surface area contributed by atoms with Crippen LogP contribution in [0.2, 0.25) is 0 Å². The van der Waals surface area contributed by atoms with E-state index in [1.165, 1.54) is 42.8 Å². The number of rotatable bonds is 6. The average Bonchev–Trinajstić information content (AvgIpc) is 3.12. The number of hydrogen-bond donors (Lipinski definition) is 2. The molecule has 5 nitrogen and oxygen atoms in total. The van der Waals surface area contributed by atoms with Gasteiger partial charge in [-0.15, -0.1) is 36.2 Å². The van der Waals surface area contributed by atoms with Crippen LogP contribution in [0.4, 0.5) is 0 Å². The SMILES string of the molecule is CC1CCN(Cc2ccc(CNC(=O)c3csc(CN)n3)cc2)CC1.Cl.Cl. The summed E-state index contributed by atoms with van der Waals surface area (Å²) in [6.45, 7) is 6.61. The summed E-state index contributed by atoms with van der Waals surface area (Å²) < 4.78 is 0. The summed E-state index contributed by atoms with van der Waals surface area (Å²) in [5.74, 6) is 0.711. The van der Waals surface area contributed by atoms with Gasteiger partial charge in [0, 0.05) is 25.0 Å². The zero-order valence-electron chi connectivity index (χ0n) is 15.5. The molecule has 0 radical (unpaired) electrons. The molecule has 0 spiro atoms. The summed E-state index contributed by atoms with van der Waals surface area (Å²) >= 11 is 1.42. The van der Waals surface area contributed by atoms with Gasteiger partial charge < -0.3 is 11.1 Å². The van der Waals surface area contributed by atoms with Gasteiger partial charge >= 0.3 is 0 Å². The van der Waals surface area contributed by atoms with Gasteiger partial charge in [-0.1, -0.05) is 31.2 Å². The lowest BCUT2D eigenvalue weighted by Crippen LogP contribution is -2.32. The van der Waals surface area contributed by atoms with Gasteiger partial charge in [0.2, 0.25) is 0 Å². The second-order valence-electron chi connectivity index (χ2n) is 6.79. The highest BCUT2D eigenvalue weighted by atomic mass is 35.5. The van der Waals surface area contributed by atoms with Gasteiger partial charge in [-0.05, 0) is 43.0 Å². The van der Waals surface area contributed by atoms with E-state index < -0.39 is 0 Å². The average molecular weight is 431 g/mol. The van der Waals surface area contributed by atoms with Crippen molar-refractivity contribution in [3.8, 4) is 0 Å². The molecule has 1 amide bonds. The van der Waals surface area contributed by atoms with E-state index >= 15 is 0 Å². The molecule has 2 aromatic rings. The smallest absolute Gasteiger partial charge is 0.271 e. The van der Waals surface area contributed by atoms with Crippen LogP contribution < -0.4 is 11.1 Å². The minimum absolute atomic E-state index is 0. The van der Waals surface area contributed by atoms with Crippen molar-refractivity contribution in [1.29, 1.82) is 0 Å². The van der Waals surface area contributed by atoms with Crippen molar-refractivity contribution in [3.05, 3.63) is 51.5 Å². The highest BCUT2D eigenvalue weighted by Crippen LogP contribution is 2.18. The zero-order chi connectivity index (χ0) is 17.6. The molecular formula is C19H28Cl2N4OS. The van der Waals surface area contributed by atoms with Gasteiger partial charge in [-0.3, -0.25) is 9.69 Å². The van der Waals surface area contributed by atoms with E-state index in [1.807, 2.05) is 0 Å². The Balaban J connectivity index is 0.00000182. The number of halogens is 2. The van der Waals surface area contributed by atoms with E-state index in [0.29, 0.717) is 18.8 Å². The fraction of sp³-hybridized carbons (Fsp3) is 0.474. The van der Waals surface area contributed by atoms with Crippen LogP contribution in [-0.2, 0) is 19.6 Å². The summed E-state index contributed by atoms with van der Waals surface area (Å²) in [5, 5.41) is 5.44. The first kappa shape index (κ1) is 23.9. The molecule has 1 aromatic carbocycles. The Morgan fingerprint density at radius 1 is 1.22 bits per heavy atom. The Hall–Kier alpha value is -1.18. The van der Waals surface area contributed by atoms with Crippen LogP contribution in [0.5, 0.6) is 0 Å². The highest BCUT2D eigenvalue weighted by molar-refractivity contribution is 7.09. The molecule has 1 aliphatic heterocycles. The monoisotopic (exact) mass is 430 g/mol. The lowest BCUT2D eigenvalue weighted by Gasteiger charge is -2.30. The summed E-state index contributed by atoms with van der Waals surface area (Å²) in [6.07, 6.45) is 2.60. The van der Waals surface area contributed by atoms with Crippen LogP contribution in [0.3, 0.4) is 0 Å². The molecule has 2 heterocycles. The van der Waals surface area contributed by atoms with Crippen molar-refractivity contribution in [3.63, 3.8) is 0 Å². The summed E-state index contributed by atoms with van der Waals surface area (Å²) in [4.78, 5) is 18.8. The Bertz CT molecular complexity index is 700. The third-order valence-electron chi connectivity index (χ3n) is 4.72. The van der Waals surface area contributed by atoms with Crippen molar-refractivity contribution < 1.29 is 4.79 Å². The maximum atomic E-state index is 12.1. The number of nitrogens with zero attached hydrogens (tertiary/aromatic N) is 2. The number of aromatic nitrogens is 1. The first-order valence-corrected chi connectivity index (χ1v) is 9.75. The number of nitrogens with one attached hydrogen (secondary N) is 1. The summed E-state index contributed by atoms with van der Waals surface area (Å²) in [6, 6.07) is 8.51. The van der Waals surface area contributed by atoms with E-state index in [4.69, 9.17) is 5.73 Å². The largest absolute Gasteiger partial charge is 0.347 e. The number of carbonyl (C=O) groups is 1. The minimum atomic E-state index is -0.150. The molecule has 8 heteroatoms. The molecule has 1 aliphatic rings. The van der Waals surface area contributed by atoms with Crippen LogP contribution in [0.1, 0.15) is 46.4 Å². The fourth-order valence-corrected chi connectivity index (χ4v) is 3.68. The van der Waals surface area contributed by atoms with E-state index in [1.54, 1.807) is 5.38 Å². The second-order valence-corrected chi connectivity index (χ2v) is 7.73. The Morgan fingerprint density at radius 3 is 2.44 bits per heavy atom. The number of thiazole rings is 1. The van der Waals surface area contributed by atoms with E-state index in [0.717, 1.165) is 23.0 Å². The second kappa shape index (κ2) is 11.6. The van der Waals surface area contributed by atoms with Crippen molar-refractivity contribution in [2.24, 2.45) is 11.7 Å². The van der Waals surface area contributed by atoms with Crippen LogP contribution in [0, 0.1) is 5.92 Å². The molecule has 27 heavy (non-hydrogen) atoms. The Kier molecular flexibility index (Phi) is 10.3. The third-order valence-corrected chi connectivity index (χ3v) is 5.59. The number of hydrogen-bond acceptors (Lipinski definition) is 5. The number of carbonyl (C=O) groups excluding carboxylic acids is 1. The third kappa shape index (κ3) is 7.05.